The van der Waals surface area contributed by atoms with Crippen molar-refractivity contribution < 1.29 is 0 Å². The van der Waals surface area contributed by atoms with Gasteiger partial charge in [-0.2, -0.15) is 0 Å². The van der Waals surface area contributed by atoms with E-state index in [1.807, 2.05) is 37.3 Å². The summed E-state index contributed by atoms with van der Waals surface area (Å²) in [5.41, 5.74) is 0. The zero-order chi connectivity index (χ0) is 7.40. The van der Waals surface area contributed by atoms with Crippen LogP contribution in [0.3, 0.4) is 0 Å². The molecule has 0 aliphatic heterocycles. The summed E-state index contributed by atoms with van der Waals surface area (Å²) in [7, 11) is 4.00. The van der Waals surface area contributed by atoms with Gasteiger partial charge in [0.25, 0.3) is 0 Å². The molecule has 3 heteroatoms. The Balaban J connectivity index is 2.55. The zero-order valence-electron chi connectivity index (χ0n) is 6.11. The molecule has 1 heterocycles. The van der Waals surface area contributed by atoms with Gasteiger partial charge in [0.2, 0.25) is 0 Å². The van der Waals surface area contributed by atoms with Gasteiger partial charge in [0.1, 0.15) is 0 Å². The van der Waals surface area contributed by atoms with Crippen LogP contribution in [0.4, 0.5) is 0 Å². The normalized spacial score (nSPS) is 10.6. The van der Waals surface area contributed by atoms with Gasteiger partial charge in [0.05, 0.1) is 0 Å². The molecule has 54 valence electrons. The molecule has 0 saturated heterocycles. The highest BCUT2D eigenvalue weighted by Crippen LogP contribution is 2.06. The highest BCUT2D eigenvalue weighted by atomic mass is 32.1. The molecule has 0 aliphatic carbocycles. The minimum absolute atomic E-state index is 1.19. The van der Waals surface area contributed by atoms with Crippen molar-refractivity contribution >= 4 is 17.6 Å². The van der Waals surface area contributed by atoms with Crippen molar-refractivity contribution in [1.29, 1.82) is 0 Å². The minimum Gasteiger partial charge on any atom is -0.383 e. The van der Waals surface area contributed by atoms with Gasteiger partial charge in [0, 0.05) is 25.2 Å². The Kier molecular flexibility index (Phi) is 2.45. The molecule has 0 saturated carbocycles. The predicted molar refractivity (Wildman–Crippen MR) is 44.8 cm³/mol. The lowest BCUT2D eigenvalue weighted by Gasteiger charge is -2.01. The van der Waals surface area contributed by atoms with Crippen LogP contribution in [0.25, 0.3) is 6.08 Å². The van der Waals surface area contributed by atoms with E-state index in [0.29, 0.717) is 0 Å². The second kappa shape index (κ2) is 3.37. The summed E-state index contributed by atoms with van der Waals surface area (Å²) in [6.45, 7) is 0. The Bertz CT molecular complexity index is 201. The summed E-state index contributed by atoms with van der Waals surface area (Å²) < 4.78 is 3.97. The van der Waals surface area contributed by atoms with Gasteiger partial charge in [-0.25, -0.2) is 4.37 Å². The first-order chi connectivity index (χ1) is 4.79. The summed E-state index contributed by atoms with van der Waals surface area (Å²) in [6.07, 6.45) is 5.85. The average molecular weight is 154 g/mol. The van der Waals surface area contributed by atoms with Gasteiger partial charge in [-0.1, -0.05) is 0 Å². The topological polar surface area (TPSA) is 16.1 Å². The molecule has 1 rings (SSSR count). The molecular formula is C7H10N2S. The summed E-state index contributed by atoms with van der Waals surface area (Å²) in [6, 6.07) is 1.99. The Morgan fingerprint density at radius 2 is 2.40 bits per heavy atom. The predicted octanol–water partition coefficient (Wildman–Crippen LogP) is 1.68. The maximum atomic E-state index is 3.97. The molecule has 0 atom stereocenters. The van der Waals surface area contributed by atoms with E-state index < -0.39 is 0 Å². The van der Waals surface area contributed by atoms with E-state index in [0.717, 1.165) is 0 Å². The van der Waals surface area contributed by atoms with Crippen LogP contribution in [0.5, 0.6) is 0 Å². The van der Waals surface area contributed by atoms with Crippen LogP contribution in [0.15, 0.2) is 18.5 Å². The number of hydrogen-bond acceptors (Lipinski definition) is 3. The minimum atomic E-state index is 1.19. The van der Waals surface area contributed by atoms with E-state index in [2.05, 4.69) is 4.37 Å². The van der Waals surface area contributed by atoms with Crippen molar-refractivity contribution in [3.63, 3.8) is 0 Å². The van der Waals surface area contributed by atoms with Crippen molar-refractivity contribution in [3.8, 4) is 0 Å². The second-order valence-corrected chi connectivity index (χ2v) is 3.06. The lowest BCUT2D eigenvalue weighted by atomic mass is 10.5. The van der Waals surface area contributed by atoms with Gasteiger partial charge >= 0.3 is 0 Å². The summed E-state index contributed by atoms with van der Waals surface area (Å²) in [5, 5.41) is 0. The first-order valence-electron chi connectivity index (χ1n) is 3.04. The SMILES string of the molecule is CN(C)/C=C/c1ccns1. The van der Waals surface area contributed by atoms with Crippen molar-refractivity contribution in [2.75, 3.05) is 14.1 Å². The number of nitrogens with zero attached hydrogens (tertiary/aromatic N) is 2. The average Bonchev–Trinajstić information content (AvgIpc) is 2.34. The molecule has 1 aromatic heterocycles. The van der Waals surface area contributed by atoms with Gasteiger partial charge in [0.15, 0.2) is 0 Å². The maximum absolute atomic E-state index is 3.97. The largest absolute Gasteiger partial charge is 0.383 e. The van der Waals surface area contributed by atoms with E-state index in [9.17, 15) is 0 Å². The van der Waals surface area contributed by atoms with Crippen LogP contribution in [-0.2, 0) is 0 Å². The van der Waals surface area contributed by atoms with E-state index in [-0.39, 0.29) is 0 Å². The quantitative estimate of drug-likeness (QED) is 0.644. The molecule has 0 radical (unpaired) electrons. The van der Waals surface area contributed by atoms with Crippen LogP contribution in [0.1, 0.15) is 4.88 Å². The molecular weight excluding hydrogens is 144 g/mol. The first-order valence-corrected chi connectivity index (χ1v) is 3.81. The van der Waals surface area contributed by atoms with E-state index in [4.69, 9.17) is 0 Å². The maximum Gasteiger partial charge on any atom is 0.0491 e. The lowest BCUT2D eigenvalue weighted by Crippen LogP contribution is -1.99. The summed E-state index contributed by atoms with van der Waals surface area (Å²) >= 11 is 1.50. The van der Waals surface area contributed by atoms with Crippen LogP contribution in [-0.4, -0.2) is 23.4 Å². The fraction of sp³-hybridized carbons (Fsp3) is 0.286. The molecule has 0 spiro atoms. The molecule has 1 aromatic rings. The van der Waals surface area contributed by atoms with Crippen molar-refractivity contribution in [2.24, 2.45) is 0 Å². The van der Waals surface area contributed by atoms with Crippen molar-refractivity contribution in [2.45, 2.75) is 0 Å². The van der Waals surface area contributed by atoms with Gasteiger partial charge < -0.3 is 4.90 Å². The summed E-state index contributed by atoms with van der Waals surface area (Å²) in [5.74, 6) is 0. The number of hydrogen-bond donors (Lipinski definition) is 0. The zero-order valence-corrected chi connectivity index (χ0v) is 6.93. The van der Waals surface area contributed by atoms with Crippen LogP contribution in [0.2, 0.25) is 0 Å². The lowest BCUT2D eigenvalue weighted by molar-refractivity contribution is 0.567. The number of rotatable bonds is 2. The van der Waals surface area contributed by atoms with Crippen molar-refractivity contribution in [3.05, 3.63) is 23.3 Å². The third-order valence-corrected chi connectivity index (χ3v) is 1.70. The Labute approximate surface area is 65.0 Å². The first kappa shape index (κ1) is 7.28. The smallest absolute Gasteiger partial charge is 0.0491 e. The molecule has 0 N–H and O–H groups in total. The fourth-order valence-electron chi connectivity index (χ4n) is 0.534. The monoisotopic (exact) mass is 154 g/mol. The Morgan fingerprint density at radius 3 is 2.90 bits per heavy atom. The Morgan fingerprint density at radius 1 is 1.60 bits per heavy atom. The Hall–Kier alpha value is -0.830. The molecule has 10 heavy (non-hydrogen) atoms. The third-order valence-electron chi connectivity index (χ3n) is 0.995. The van der Waals surface area contributed by atoms with Gasteiger partial charge in [-0.05, 0) is 29.9 Å². The van der Waals surface area contributed by atoms with Crippen LogP contribution >= 0.6 is 11.5 Å². The molecule has 0 fully saturated rings. The van der Waals surface area contributed by atoms with E-state index >= 15 is 0 Å². The molecule has 0 unspecified atom stereocenters. The highest BCUT2D eigenvalue weighted by molar-refractivity contribution is 7.06. The summed E-state index contributed by atoms with van der Waals surface area (Å²) in [4.78, 5) is 3.19. The molecule has 0 bridgehead atoms. The van der Waals surface area contributed by atoms with Crippen LogP contribution < -0.4 is 0 Å². The van der Waals surface area contributed by atoms with Crippen molar-refractivity contribution in [1.82, 2.24) is 9.27 Å². The van der Waals surface area contributed by atoms with Crippen LogP contribution in [0, 0.1) is 0 Å². The highest BCUT2D eigenvalue weighted by Gasteiger charge is 1.85. The fourth-order valence-corrected chi connectivity index (χ4v) is 1.02. The standard InChI is InChI=1S/C7H10N2S/c1-9(2)6-4-7-3-5-8-10-7/h3-6H,1-2H3/b6-4+. The molecule has 0 aliphatic rings. The van der Waals surface area contributed by atoms with E-state index in [1.54, 1.807) is 6.20 Å². The van der Waals surface area contributed by atoms with Gasteiger partial charge in [-0.3, -0.25) is 0 Å². The third kappa shape index (κ3) is 2.19. The second-order valence-electron chi connectivity index (χ2n) is 2.19. The number of aromatic nitrogens is 1. The molecule has 0 aromatic carbocycles. The van der Waals surface area contributed by atoms with Gasteiger partial charge in [-0.15, -0.1) is 0 Å². The molecule has 0 amide bonds. The van der Waals surface area contributed by atoms with E-state index in [1.165, 1.54) is 16.4 Å². The molecule has 2 nitrogen and oxygen atoms in total.